The van der Waals surface area contributed by atoms with Crippen LogP contribution in [0.1, 0.15) is 32.8 Å². The predicted molar refractivity (Wildman–Crippen MR) is 75.4 cm³/mol. The Morgan fingerprint density at radius 2 is 2.00 bits per heavy atom. The first-order chi connectivity index (χ1) is 8.38. The van der Waals surface area contributed by atoms with Crippen LogP contribution in [0.25, 0.3) is 0 Å². The lowest BCUT2D eigenvalue weighted by Gasteiger charge is -2.16. The van der Waals surface area contributed by atoms with Crippen LogP contribution in [0.4, 0.5) is 0 Å². The number of benzene rings is 1. The van der Waals surface area contributed by atoms with Crippen molar-refractivity contribution >= 4 is 17.5 Å². The van der Waals surface area contributed by atoms with Crippen molar-refractivity contribution in [2.45, 2.75) is 27.2 Å². The highest BCUT2D eigenvalue weighted by atomic mass is 35.5. The Morgan fingerprint density at radius 3 is 2.61 bits per heavy atom. The molecule has 3 heteroatoms. The number of carbonyl (C=O) groups excluding carboxylic acids is 1. The topological polar surface area (TPSA) is 29.1 Å². The summed E-state index contributed by atoms with van der Waals surface area (Å²) in [5, 5.41) is 3.40. The number of rotatable bonds is 2. The second-order valence-electron chi connectivity index (χ2n) is 5.30. The summed E-state index contributed by atoms with van der Waals surface area (Å²) in [6, 6.07) is 7.39. The minimum Gasteiger partial charge on any atom is -0.345 e. The number of carbonyl (C=O) groups is 1. The summed E-state index contributed by atoms with van der Waals surface area (Å²) in [6.07, 6.45) is 0.501. The summed E-state index contributed by atoms with van der Waals surface area (Å²) in [5.41, 5.74) is 0.782. The van der Waals surface area contributed by atoms with Crippen molar-refractivity contribution in [1.82, 2.24) is 5.32 Å². The van der Waals surface area contributed by atoms with Crippen LogP contribution in [0.2, 0.25) is 5.02 Å². The Labute approximate surface area is 114 Å². The van der Waals surface area contributed by atoms with Crippen molar-refractivity contribution in [3.63, 3.8) is 0 Å². The van der Waals surface area contributed by atoms with Crippen molar-refractivity contribution < 1.29 is 4.79 Å². The molecule has 0 atom stereocenters. The average Bonchev–Trinajstić information content (AvgIpc) is 2.24. The van der Waals surface area contributed by atoms with Crippen LogP contribution in [0, 0.1) is 17.3 Å². The smallest absolute Gasteiger partial charge is 0.221 e. The summed E-state index contributed by atoms with van der Waals surface area (Å²) >= 11 is 5.96. The van der Waals surface area contributed by atoms with E-state index in [1.54, 1.807) is 6.07 Å². The van der Waals surface area contributed by atoms with Gasteiger partial charge in [-0.3, -0.25) is 4.79 Å². The van der Waals surface area contributed by atoms with Gasteiger partial charge in [0, 0.05) is 12.0 Å². The van der Waals surface area contributed by atoms with Gasteiger partial charge in [0.2, 0.25) is 5.91 Å². The van der Waals surface area contributed by atoms with E-state index in [0.29, 0.717) is 18.0 Å². The van der Waals surface area contributed by atoms with E-state index in [9.17, 15) is 4.79 Å². The molecule has 0 bridgehead atoms. The lowest BCUT2D eigenvalue weighted by atomic mass is 9.92. The van der Waals surface area contributed by atoms with Crippen molar-refractivity contribution in [1.29, 1.82) is 0 Å². The minimum absolute atomic E-state index is 0.000248. The standard InChI is InChI=1S/C15H18ClNO/c1-15(2,3)11-14(18)17-10-6-8-12-7-4-5-9-13(12)16/h4-5,7,9H,10-11H2,1-3H3,(H,17,18). The zero-order valence-electron chi connectivity index (χ0n) is 11.0. The van der Waals surface area contributed by atoms with Gasteiger partial charge in [-0.15, -0.1) is 0 Å². The molecule has 2 nitrogen and oxygen atoms in total. The third-order valence-corrected chi connectivity index (χ3v) is 2.49. The number of hydrogen-bond acceptors (Lipinski definition) is 1. The first-order valence-electron chi connectivity index (χ1n) is 5.88. The Morgan fingerprint density at radius 1 is 1.33 bits per heavy atom. The largest absolute Gasteiger partial charge is 0.345 e. The molecule has 1 amide bonds. The molecule has 0 spiro atoms. The molecule has 0 aliphatic heterocycles. The summed E-state index contributed by atoms with van der Waals surface area (Å²) in [6.45, 7) is 6.44. The highest BCUT2D eigenvalue weighted by molar-refractivity contribution is 6.31. The molecule has 1 aromatic rings. The van der Waals surface area contributed by atoms with E-state index in [1.165, 1.54) is 0 Å². The van der Waals surface area contributed by atoms with E-state index < -0.39 is 0 Å². The molecule has 0 saturated carbocycles. The van der Waals surface area contributed by atoms with E-state index in [2.05, 4.69) is 17.2 Å². The number of hydrogen-bond donors (Lipinski definition) is 1. The molecule has 0 fully saturated rings. The molecule has 0 radical (unpaired) electrons. The monoisotopic (exact) mass is 263 g/mol. The first kappa shape index (κ1) is 14.6. The Hall–Kier alpha value is -1.46. The average molecular weight is 264 g/mol. The van der Waals surface area contributed by atoms with Gasteiger partial charge in [-0.2, -0.15) is 0 Å². The van der Waals surface area contributed by atoms with Crippen molar-refractivity contribution in [2.75, 3.05) is 6.54 Å². The lowest BCUT2D eigenvalue weighted by Crippen LogP contribution is -2.27. The molecule has 1 N–H and O–H groups in total. The molecule has 1 aromatic carbocycles. The molecule has 0 saturated heterocycles. The Balaban J connectivity index is 2.44. The zero-order valence-corrected chi connectivity index (χ0v) is 11.8. The summed E-state index contributed by atoms with van der Waals surface area (Å²) in [7, 11) is 0. The fraction of sp³-hybridized carbons (Fsp3) is 0.400. The van der Waals surface area contributed by atoms with Gasteiger partial charge in [-0.1, -0.05) is 56.3 Å². The lowest BCUT2D eigenvalue weighted by molar-refractivity contribution is -0.122. The van der Waals surface area contributed by atoms with Gasteiger partial charge in [0.15, 0.2) is 0 Å². The molecule has 18 heavy (non-hydrogen) atoms. The maximum atomic E-state index is 11.5. The molecule has 0 aliphatic carbocycles. The molecule has 0 heterocycles. The van der Waals surface area contributed by atoms with Gasteiger partial charge >= 0.3 is 0 Å². The second-order valence-corrected chi connectivity index (χ2v) is 5.70. The van der Waals surface area contributed by atoms with Gasteiger partial charge < -0.3 is 5.32 Å². The fourth-order valence-electron chi connectivity index (χ4n) is 1.39. The van der Waals surface area contributed by atoms with Crippen LogP contribution in [0.15, 0.2) is 24.3 Å². The van der Waals surface area contributed by atoms with Crippen LogP contribution >= 0.6 is 11.6 Å². The summed E-state index contributed by atoms with van der Waals surface area (Å²) in [5.74, 6) is 5.85. The molecule has 0 aromatic heterocycles. The SMILES string of the molecule is CC(C)(C)CC(=O)NCC#Cc1ccccc1Cl. The second kappa shape index (κ2) is 6.47. The summed E-state index contributed by atoms with van der Waals surface area (Å²) < 4.78 is 0. The van der Waals surface area contributed by atoms with E-state index in [0.717, 1.165) is 5.56 Å². The molecule has 0 unspecified atom stereocenters. The highest BCUT2D eigenvalue weighted by Gasteiger charge is 2.14. The number of halogens is 1. The quantitative estimate of drug-likeness (QED) is 0.816. The molecule has 0 aliphatic rings. The zero-order chi connectivity index (χ0) is 13.6. The third-order valence-electron chi connectivity index (χ3n) is 2.16. The summed E-state index contributed by atoms with van der Waals surface area (Å²) in [4.78, 5) is 11.5. The maximum Gasteiger partial charge on any atom is 0.221 e. The third kappa shape index (κ3) is 5.75. The first-order valence-corrected chi connectivity index (χ1v) is 6.26. The maximum absolute atomic E-state index is 11.5. The highest BCUT2D eigenvalue weighted by Crippen LogP contribution is 2.17. The van der Waals surface area contributed by atoms with Crippen LogP contribution < -0.4 is 5.32 Å². The van der Waals surface area contributed by atoms with Crippen molar-refractivity contribution in [3.8, 4) is 11.8 Å². The van der Waals surface area contributed by atoms with Crippen molar-refractivity contribution in [2.24, 2.45) is 5.41 Å². The Kier molecular flexibility index (Phi) is 5.25. The van der Waals surface area contributed by atoms with Gasteiger partial charge in [0.05, 0.1) is 11.6 Å². The van der Waals surface area contributed by atoms with E-state index >= 15 is 0 Å². The van der Waals surface area contributed by atoms with Gasteiger partial charge in [-0.05, 0) is 17.5 Å². The van der Waals surface area contributed by atoms with Crippen LogP contribution in [0.5, 0.6) is 0 Å². The molecule has 1 rings (SSSR count). The van der Waals surface area contributed by atoms with Gasteiger partial charge in [0.25, 0.3) is 0 Å². The normalized spacial score (nSPS) is 10.4. The molecular weight excluding hydrogens is 246 g/mol. The van der Waals surface area contributed by atoms with Crippen LogP contribution in [-0.4, -0.2) is 12.5 Å². The predicted octanol–water partition coefficient (Wildman–Crippen LogP) is 3.24. The fourth-order valence-corrected chi connectivity index (χ4v) is 1.57. The van der Waals surface area contributed by atoms with E-state index in [1.807, 2.05) is 39.0 Å². The van der Waals surface area contributed by atoms with Crippen molar-refractivity contribution in [3.05, 3.63) is 34.9 Å². The van der Waals surface area contributed by atoms with Crippen LogP contribution in [0.3, 0.4) is 0 Å². The Bertz CT molecular complexity index is 477. The van der Waals surface area contributed by atoms with Gasteiger partial charge in [0.1, 0.15) is 0 Å². The van der Waals surface area contributed by atoms with Gasteiger partial charge in [-0.25, -0.2) is 0 Å². The van der Waals surface area contributed by atoms with E-state index in [-0.39, 0.29) is 11.3 Å². The van der Waals surface area contributed by atoms with E-state index in [4.69, 9.17) is 11.6 Å². The minimum atomic E-state index is 0.000248. The molecular formula is C15H18ClNO. The van der Waals surface area contributed by atoms with Crippen LogP contribution in [-0.2, 0) is 4.79 Å². The number of amides is 1. The number of nitrogens with one attached hydrogen (secondary N) is 1. The molecule has 96 valence electrons.